The molecule has 0 aliphatic rings. The number of aromatic nitrogens is 3. The van der Waals surface area contributed by atoms with E-state index < -0.39 is 30.2 Å². The van der Waals surface area contributed by atoms with E-state index in [1.165, 1.54) is 44.2 Å². The number of nitrogens with zero attached hydrogens (tertiary/aromatic N) is 3. The maximum Gasteiger partial charge on any atom is 3.00 e. The van der Waals surface area contributed by atoms with Gasteiger partial charge in [0.25, 0.3) is 0 Å². The third-order valence-corrected chi connectivity index (χ3v) is 12.8. The molecule has 0 fully saturated rings. The molecule has 0 atom stereocenters. The van der Waals surface area contributed by atoms with Gasteiger partial charge in [0.1, 0.15) is 5.82 Å². The molecule has 0 spiro atoms. The number of hydrogen-bond acceptors (Lipinski definition) is 3. The van der Waals surface area contributed by atoms with Gasteiger partial charge in [-0.1, -0.05) is 122 Å². The summed E-state index contributed by atoms with van der Waals surface area (Å²) in [6.07, 6.45) is 3.49. The van der Waals surface area contributed by atoms with Gasteiger partial charge in [0.05, 0.1) is 0 Å². The Kier molecular flexibility index (Phi) is 14.0. The number of halogens is 3. The molecule has 10 aromatic rings. The van der Waals surface area contributed by atoms with E-state index in [-0.39, 0.29) is 20.1 Å². The van der Waals surface area contributed by atoms with E-state index in [9.17, 15) is 8.78 Å². The molecule has 0 N–H and O–H groups in total. The minimum Gasteiger partial charge on any atom is -0.304 e. The van der Waals surface area contributed by atoms with Crippen molar-refractivity contribution < 1.29 is 38.8 Å². The second kappa shape index (κ2) is 22.7. The van der Waals surface area contributed by atoms with Crippen molar-refractivity contribution in [2.75, 3.05) is 0 Å². The summed E-state index contributed by atoms with van der Waals surface area (Å²) in [5.74, 6) is -1.28. The van der Waals surface area contributed by atoms with Crippen LogP contribution in [0.2, 0.25) is 0 Å². The van der Waals surface area contributed by atoms with Crippen LogP contribution < -0.4 is 0 Å². The van der Waals surface area contributed by atoms with E-state index in [2.05, 4.69) is 88.8 Å². The van der Waals surface area contributed by atoms with Gasteiger partial charge in [-0.05, 0) is 129 Å². The van der Waals surface area contributed by atoms with Crippen LogP contribution in [0.4, 0.5) is 13.2 Å². The van der Waals surface area contributed by atoms with Gasteiger partial charge in [-0.2, -0.15) is 0 Å². The zero-order valence-corrected chi connectivity index (χ0v) is 41.9. The summed E-state index contributed by atoms with van der Waals surface area (Å²) in [4.78, 5) is 14.3. The molecule has 0 aliphatic heterocycles. The Morgan fingerprint density at radius 2 is 0.917 bits per heavy atom. The third-order valence-electron chi connectivity index (χ3n) is 12.8. The van der Waals surface area contributed by atoms with Crippen LogP contribution in [-0.4, -0.2) is 15.0 Å². The quantitative estimate of drug-likeness (QED) is 0.0961. The van der Waals surface area contributed by atoms with E-state index in [0.29, 0.717) is 76.0 Å². The number of hydrogen-bond donors (Lipinski definition) is 0. The molecular formula is C65H49F3IrN3. The summed E-state index contributed by atoms with van der Waals surface area (Å²) < 4.78 is 78.9. The van der Waals surface area contributed by atoms with Gasteiger partial charge in [-0.15, -0.1) is 95.6 Å². The normalized spacial score (nSPS) is 12.3. The first-order valence-electron chi connectivity index (χ1n) is 25.5. The van der Waals surface area contributed by atoms with Crippen LogP contribution in [0, 0.1) is 35.7 Å². The topological polar surface area (TPSA) is 38.7 Å². The molecule has 0 saturated heterocycles. The Morgan fingerprint density at radius 3 is 1.47 bits per heavy atom. The summed E-state index contributed by atoms with van der Waals surface area (Å²) >= 11 is 0. The van der Waals surface area contributed by atoms with E-state index in [4.69, 9.17) is 10.5 Å². The van der Waals surface area contributed by atoms with Gasteiger partial charge in [0.15, 0.2) is 0 Å². The first kappa shape index (κ1) is 44.4. The molecular weight excluding hydrogens is 1070 g/mol. The van der Waals surface area contributed by atoms with Gasteiger partial charge >= 0.3 is 20.1 Å². The first-order chi connectivity index (χ1) is 36.1. The van der Waals surface area contributed by atoms with E-state index >= 15 is 4.39 Å². The zero-order valence-electron chi connectivity index (χ0n) is 43.5. The summed E-state index contributed by atoms with van der Waals surface area (Å²) in [6.45, 7) is 3.01. The maximum absolute atomic E-state index is 15.9. The summed E-state index contributed by atoms with van der Waals surface area (Å²) in [5, 5.41) is 0. The smallest absolute Gasteiger partial charge is 0.304 e. The largest absolute Gasteiger partial charge is 3.00 e. The van der Waals surface area contributed by atoms with Gasteiger partial charge < -0.3 is 15.0 Å². The van der Waals surface area contributed by atoms with Gasteiger partial charge in [0, 0.05) is 41.3 Å². The van der Waals surface area contributed by atoms with Crippen LogP contribution in [0.1, 0.15) is 52.7 Å². The van der Waals surface area contributed by atoms with Crippen molar-refractivity contribution in [1.82, 2.24) is 15.0 Å². The van der Waals surface area contributed by atoms with Crippen LogP contribution in [0.5, 0.6) is 0 Å². The monoisotopic (exact) mass is 1130 g/mol. The Hall–Kier alpha value is -7.57. The number of aryl methyl sites for hydroxylation is 6. The second-order valence-corrected chi connectivity index (χ2v) is 17.4. The Morgan fingerprint density at radius 1 is 0.403 bits per heavy atom. The molecule has 3 heterocycles. The Bertz CT molecular complexity index is 3510. The van der Waals surface area contributed by atoms with Gasteiger partial charge in [-0.25, -0.2) is 4.39 Å². The fourth-order valence-corrected chi connectivity index (χ4v) is 9.09. The first-order valence-corrected chi connectivity index (χ1v) is 23.5. The third kappa shape index (κ3) is 11.3. The second-order valence-electron chi connectivity index (χ2n) is 17.4. The summed E-state index contributed by atoms with van der Waals surface area (Å²) in [6, 6.07) is 60.2. The van der Waals surface area contributed by atoms with Crippen LogP contribution in [0.25, 0.3) is 78.3 Å². The number of pyridine rings is 3. The molecule has 7 heteroatoms. The molecule has 10 rings (SSSR count). The van der Waals surface area contributed by atoms with Crippen LogP contribution in [-0.2, 0) is 58.5 Å². The van der Waals surface area contributed by atoms with Crippen molar-refractivity contribution in [2.24, 2.45) is 0 Å². The molecule has 0 unspecified atom stereocenters. The Balaban J connectivity index is 0.00000706. The van der Waals surface area contributed by atoms with Crippen molar-refractivity contribution in [3.8, 4) is 78.3 Å². The van der Waals surface area contributed by atoms with Crippen molar-refractivity contribution in [1.29, 1.82) is 0 Å². The van der Waals surface area contributed by atoms with Crippen LogP contribution in [0.15, 0.2) is 188 Å². The van der Waals surface area contributed by atoms with Gasteiger partial charge in [-0.3, -0.25) is 8.78 Å². The molecule has 0 radical (unpaired) electrons. The van der Waals surface area contributed by atoms with Crippen molar-refractivity contribution in [3.05, 3.63) is 257 Å². The molecule has 0 bridgehead atoms. The molecule has 0 aliphatic carbocycles. The zero-order chi connectivity index (χ0) is 52.3. The summed E-state index contributed by atoms with van der Waals surface area (Å²) in [7, 11) is 0. The molecule has 3 nitrogen and oxygen atoms in total. The van der Waals surface area contributed by atoms with E-state index in [1.54, 1.807) is 48.8 Å². The average Bonchev–Trinajstić information content (AvgIpc) is 3.43. The standard InChI is InChI=1S/C65H49F3N3.Ir/c1-3-45-36-63(51-23-27-56(66)28-24-51)69-40-53(45)17-15-43-33-44(16-18-54-41-70-64(37-46(54)4-2)52-25-29-57(67)30-26-52)35-55(34-43)60-38-58(68)31-32-59(60)62-42-71-65(50-13-9-6-10-14-50)39-61(62)49-21-19-48(20-22-49)47-11-7-5-8-12-47;/h5-13,19-23,25,27-42H,3-4,15-18H2,1-2H3;/q-3;+3/i3D2,4D2;. The Labute approximate surface area is 439 Å². The van der Waals surface area contributed by atoms with E-state index in [0.717, 1.165) is 61.3 Å². The molecule has 72 heavy (non-hydrogen) atoms. The van der Waals surface area contributed by atoms with Crippen molar-refractivity contribution in [2.45, 2.75) is 52.3 Å². The van der Waals surface area contributed by atoms with Crippen LogP contribution in [0.3, 0.4) is 0 Å². The van der Waals surface area contributed by atoms with Gasteiger partial charge in [0.2, 0.25) is 0 Å². The molecule has 3 aromatic heterocycles. The van der Waals surface area contributed by atoms with Crippen molar-refractivity contribution >= 4 is 0 Å². The average molecular weight is 1130 g/mol. The fourth-order valence-electron chi connectivity index (χ4n) is 9.09. The molecule has 354 valence electrons. The predicted octanol–water partition coefficient (Wildman–Crippen LogP) is 16.1. The SMILES string of the molecule is [2H]C([2H])(C)c1cc(-c2[c-]cc(F)cc2)ncc1CCc1cc(CCc2cnc(-c3[c-]cc(F)cc3)cc2C([2H])([2H])C)cc(-c2cc(F)ccc2-c2cnc(-c3[c-]cccc3)cc2-c2ccc(-c3ccccc3)cc2)c1.[Ir+3]. The number of benzene rings is 7. The predicted molar refractivity (Wildman–Crippen MR) is 281 cm³/mol. The molecule has 7 aromatic carbocycles. The minimum absolute atomic E-state index is 0. The maximum atomic E-state index is 15.9. The van der Waals surface area contributed by atoms with Crippen molar-refractivity contribution in [3.63, 3.8) is 0 Å². The summed E-state index contributed by atoms with van der Waals surface area (Å²) in [5.41, 5.74) is 14.7. The van der Waals surface area contributed by atoms with Crippen LogP contribution >= 0.6 is 0 Å². The number of rotatable bonds is 15. The molecule has 0 amide bonds. The fraction of sp³-hybridized carbons (Fsp3) is 0.123. The molecule has 0 saturated carbocycles. The minimum atomic E-state index is -1.74. The van der Waals surface area contributed by atoms with E-state index in [1.807, 2.05) is 48.7 Å².